The maximum absolute atomic E-state index is 8.70. The predicted molar refractivity (Wildman–Crippen MR) is 112 cm³/mol. The molecule has 1 N–H and O–H groups in total. The van der Waals surface area contributed by atoms with E-state index in [1.807, 2.05) is 12.1 Å². The SMILES string of the molecule is OCCOCCOc1ccc(-n2c3ccccc3c3cc(Br)ccc32)cc1. The maximum Gasteiger partial charge on any atom is 0.119 e. The monoisotopic (exact) mass is 425 g/mol. The van der Waals surface area contributed by atoms with Crippen molar-refractivity contribution in [1.82, 2.24) is 4.57 Å². The molecule has 0 bridgehead atoms. The minimum Gasteiger partial charge on any atom is -0.491 e. The Morgan fingerprint density at radius 2 is 1.59 bits per heavy atom. The molecule has 1 heterocycles. The molecular formula is C22H20BrNO3. The van der Waals surface area contributed by atoms with Crippen molar-refractivity contribution >= 4 is 37.7 Å². The van der Waals surface area contributed by atoms with Crippen LogP contribution in [0, 0.1) is 0 Å². The number of aliphatic hydroxyl groups excluding tert-OH is 1. The number of fused-ring (bicyclic) bond motifs is 3. The van der Waals surface area contributed by atoms with Gasteiger partial charge in [-0.3, -0.25) is 0 Å². The third kappa shape index (κ3) is 3.72. The van der Waals surface area contributed by atoms with E-state index in [1.165, 1.54) is 21.8 Å². The van der Waals surface area contributed by atoms with E-state index in [0.29, 0.717) is 19.8 Å². The number of ether oxygens (including phenoxy) is 2. The van der Waals surface area contributed by atoms with Crippen LogP contribution in [0.2, 0.25) is 0 Å². The first kappa shape index (κ1) is 18.0. The van der Waals surface area contributed by atoms with E-state index in [-0.39, 0.29) is 6.61 Å². The van der Waals surface area contributed by atoms with Crippen molar-refractivity contribution in [2.45, 2.75) is 0 Å². The first-order chi connectivity index (χ1) is 13.3. The Morgan fingerprint density at radius 1 is 0.815 bits per heavy atom. The number of para-hydroxylation sites is 1. The Hall–Kier alpha value is -2.34. The summed E-state index contributed by atoms with van der Waals surface area (Å²) in [5, 5.41) is 11.2. The van der Waals surface area contributed by atoms with Crippen LogP contribution in [-0.2, 0) is 4.74 Å². The third-order valence-electron chi connectivity index (χ3n) is 4.46. The summed E-state index contributed by atoms with van der Waals surface area (Å²) in [7, 11) is 0. The highest BCUT2D eigenvalue weighted by Crippen LogP contribution is 2.33. The molecule has 0 spiro atoms. The molecule has 0 saturated carbocycles. The van der Waals surface area contributed by atoms with Gasteiger partial charge >= 0.3 is 0 Å². The van der Waals surface area contributed by atoms with E-state index in [9.17, 15) is 0 Å². The molecule has 138 valence electrons. The van der Waals surface area contributed by atoms with Gasteiger partial charge in [-0.2, -0.15) is 0 Å². The van der Waals surface area contributed by atoms with E-state index in [2.05, 4.69) is 75.1 Å². The summed E-state index contributed by atoms with van der Waals surface area (Å²) >= 11 is 3.58. The Kier molecular flexibility index (Phi) is 5.43. The van der Waals surface area contributed by atoms with Crippen molar-refractivity contribution < 1.29 is 14.6 Å². The summed E-state index contributed by atoms with van der Waals surface area (Å²) in [4.78, 5) is 0. The van der Waals surface area contributed by atoms with Gasteiger partial charge in [0.05, 0.1) is 30.9 Å². The highest BCUT2D eigenvalue weighted by atomic mass is 79.9. The molecule has 4 nitrogen and oxygen atoms in total. The van der Waals surface area contributed by atoms with Gasteiger partial charge in [0.25, 0.3) is 0 Å². The fourth-order valence-electron chi connectivity index (χ4n) is 3.30. The van der Waals surface area contributed by atoms with Gasteiger partial charge in [0, 0.05) is 20.9 Å². The van der Waals surface area contributed by atoms with Gasteiger partial charge in [0.15, 0.2) is 0 Å². The summed E-state index contributed by atoms with van der Waals surface area (Å²) < 4.78 is 14.2. The van der Waals surface area contributed by atoms with Gasteiger partial charge in [-0.05, 0) is 48.5 Å². The number of hydrogen-bond acceptors (Lipinski definition) is 3. The van der Waals surface area contributed by atoms with Crippen molar-refractivity contribution in [2.75, 3.05) is 26.4 Å². The van der Waals surface area contributed by atoms with E-state index in [0.717, 1.165) is 15.9 Å². The fourth-order valence-corrected chi connectivity index (χ4v) is 3.66. The summed E-state index contributed by atoms with van der Waals surface area (Å²) in [6, 6.07) is 22.9. The van der Waals surface area contributed by atoms with Crippen LogP contribution in [0.3, 0.4) is 0 Å². The van der Waals surface area contributed by atoms with Crippen molar-refractivity contribution in [3.8, 4) is 11.4 Å². The topological polar surface area (TPSA) is 43.6 Å². The molecule has 0 aliphatic rings. The van der Waals surface area contributed by atoms with Crippen LogP contribution >= 0.6 is 15.9 Å². The quantitative estimate of drug-likeness (QED) is 0.426. The second kappa shape index (κ2) is 8.13. The van der Waals surface area contributed by atoms with Crippen LogP contribution in [0.5, 0.6) is 5.75 Å². The van der Waals surface area contributed by atoms with Crippen LogP contribution in [-0.4, -0.2) is 36.1 Å². The molecule has 0 atom stereocenters. The molecular weight excluding hydrogens is 406 g/mol. The zero-order valence-corrected chi connectivity index (χ0v) is 16.4. The van der Waals surface area contributed by atoms with Crippen molar-refractivity contribution in [2.24, 2.45) is 0 Å². The lowest BCUT2D eigenvalue weighted by Crippen LogP contribution is -2.09. The molecule has 27 heavy (non-hydrogen) atoms. The van der Waals surface area contributed by atoms with Crippen LogP contribution < -0.4 is 4.74 Å². The highest BCUT2D eigenvalue weighted by Gasteiger charge is 2.12. The van der Waals surface area contributed by atoms with Gasteiger partial charge in [-0.1, -0.05) is 34.1 Å². The van der Waals surface area contributed by atoms with Gasteiger partial charge < -0.3 is 19.1 Å². The molecule has 3 aromatic carbocycles. The Balaban J connectivity index is 1.65. The molecule has 4 rings (SSSR count). The number of halogens is 1. The van der Waals surface area contributed by atoms with Crippen molar-refractivity contribution in [3.63, 3.8) is 0 Å². The first-order valence-corrected chi connectivity index (χ1v) is 9.68. The van der Waals surface area contributed by atoms with Gasteiger partial charge in [0.1, 0.15) is 12.4 Å². The van der Waals surface area contributed by atoms with Crippen LogP contribution in [0.25, 0.3) is 27.5 Å². The summed E-state index contributed by atoms with van der Waals surface area (Å²) in [6.07, 6.45) is 0. The number of rotatable bonds is 7. The van der Waals surface area contributed by atoms with E-state index >= 15 is 0 Å². The molecule has 0 fully saturated rings. The first-order valence-electron chi connectivity index (χ1n) is 8.88. The second-order valence-electron chi connectivity index (χ2n) is 6.19. The summed E-state index contributed by atoms with van der Waals surface area (Å²) in [5.74, 6) is 0.801. The molecule has 4 aromatic rings. The zero-order valence-electron chi connectivity index (χ0n) is 14.8. The third-order valence-corrected chi connectivity index (χ3v) is 4.95. The predicted octanol–water partition coefficient (Wildman–Crippen LogP) is 4.93. The lowest BCUT2D eigenvalue weighted by molar-refractivity contribution is 0.0705. The smallest absolute Gasteiger partial charge is 0.119 e. The standard InChI is InChI=1S/C22H20BrNO3/c23-16-5-10-22-20(15-16)19-3-1-2-4-21(19)24(22)17-6-8-18(9-7-17)27-14-13-26-12-11-25/h1-10,15,25H,11-14H2. The van der Waals surface area contributed by atoms with E-state index < -0.39 is 0 Å². The lowest BCUT2D eigenvalue weighted by atomic mass is 10.2. The lowest BCUT2D eigenvalue weighted by Gasteiger charge is -2.10. The van der Waals surface area contributed by atoms with Crippen molar-refractivity contribution in [3.05, 3.63) is 71.2 Å². The number of aliphatic hydroxyl groups is 1. The molecule has 0 radical (unpaired) electrons. The summed E-state index contributed by atoms with van der Waals surface area (Å²) in [5.41, 5.74) is 3.44. The average molecular weight is 426 g/mol. The zero-order chi connectivity index (χ0) is 18.6. The minimum absolute atomic E-state index is 0.0318. The van der Waals surface area contributed by atoms with Crippen LogP contribution in [0.15, 0.2) is 71.2 Å². The number of nitrogens with zero attached hydrogens (tertiary/aromatic N) is 1. The second-order valence-corrected chi connectivity index (χ2v) is 7.11. The Morgan fingerprint density at radius 3 is 2.41 bits per heavy atom. The largest absolute Gasteiger partial charge is 0.491 e. The van der Waals surface area contributed by atoms with Gasteiger partial charge in [-0.15, -0.1) is 0 Å². The highest BCUT2D eigenvalue weighted by molar-refractivity contribution is 9.10. The van der Waals surface area contributed by atoms with Crippen molar-refractivity contribution in [1.29, 1.82) is 0 Å². The number of aromatic nitrogens is 1. The maximum atomic E-state index is 8.70. The fraction of sp³-hybridized carbons (Fsp3) is 0.182. The number of hydrogen-bond donors (Lipinski definition) is 1. The molecule has 1 aromatic heterocycles. The molecule has 0 aliphatic carbocycles. The van der Waals surface area contributed by atoms with Gasteiger partial charge in [-0.25, -0.2) is 0 Å². The van der Waals surface area contributed by atoms with E-state index in [4.69, 9.17) is 14.6 Å². The molecule has 0 aliphatic heterocycles. The Bertz CT molecular complexity index is 1060. The van der Waals surface area contributed by atoms with Crippen LogP contribution in [0.4, 0.5) is 0 Å². The summed E-state index contributed by atoms with van der Waals surface area (Å²) in [6.45, 7) is 1.29. The molecule has 0 saturated heterocycles. The normalized spacial score (nSPS) is 11.3. The van der Waals surface area contributed by atoms with E-state index in [1.54, 1.807) is 0 Å². The molecule has 0 unspecified atom stereocenters. The Labute approximate surface area is 166 Å². The van der Waals surface area contributed by atoms with Crippen LogP contribution in [0.1, 0.15) is 0 Å². The number of benzene rings is 3. The molecule has 0 amide bonds. The molecule has 5 heteroatoms. The minimum atomic E-state index is 0.0318. The average Bonchev–Trinajstić information content (AvgIpc) is 3.02. The van der Waals surface area contributed by atoms with Gasteiger partial charge in [0.2, 0.25) is 0 Å².